The lowest BCUT2D eigenvalue weighted by Crippen LogP contribution is -2.38. The van der Waals surface area contributed by atoms with E-state index in [0.29, 0.717) is 6.54 Å². The minimum absolute atomic E-state index is 0.203. The number of benzene rings is 1. The smallest absolute Gasteiger partial charge is 0.194 e. The summed E-state index contributed by atoms with van der Waals surface area (Å²) < 4.78 is 12.9. The minimum Gasteiger partial charge on any atom is -0.357 e. The number of nitrogens with zero attached hydrogens (tertiary/aromatic N) is 3. The van der Waals surface area contributed by atoms with Crippen LogP contribution in [0.2, 0.25) is 0 Å². The second-order valence-corrected chi connectivity index (χ2v) is 7.48. The van der Waals surface area contributed by atoms with E-state index in [2.05, 4.69) is 32.5 Å². The lowest BCUT2D eigenvalue weighted by atomic mass is 10.4. The van der Waals surface area contributed by atoms with Crippen molar-refractivity contribution in [1.82, 2.24) is 15.2 Å². The second kappa shape index (κ2) is 9.64. The Morgan fingerprint density at radius 3 is 2.75 bits per heavy atom. The van der Waals surface area contributed by atoms with Crippen LogP contribution in [-0.4, -0.2) is 41.7 Å². The first kappa shape index (κ1) is 18.7. The Morgan fingerprint density at radius 2 is 2.12 bits per heavy atom. The van der Waals surface area contributed by atoms with E-state index < -0.39 is 0 Å². The van der Waals surface area contributed by atoms with Crippen LogP contribution in [0.5, 0.6) is 0 Å². The first-order valence-corrected chi connectivity index (χ1v) is 9.74. The summed E-state index contributed by atoms with van der Waals surface area (Å²) in [5.74, 6) is 1.53. The van der Waals surface area contributed by atoms with Crippen molar-refractivity contribution in [3.63, 3.8) is 0 Å². The zero-order valence-electron chi connectivity index (χ0n) is 14.3. The quantitative estimate of drug-likeness (QED) is 0.350. The molecule has 0 radical (unpaired) electrons. The molecule has 1 N–H and O–H groups in total. The molecule has 4 nitrogen and oxygen atoms in total. The standard InChI is InChI=1S/C17H23FN4S2/c1-4-19-17(22(3)11-15-12-24-13(2)21-15)20-9-10-23-16-7-5-14(18)6-8-16/h5-8,12H,4,9-11H2,1-3H3,(H,19,20). The predicted octanol–water partition coefficient (Wildman–Crippen LogP) is 3.78. The molecule has 0 fully saturated rings. The van der Waals surface area contributed by atoms with Crippen LogP contribution < -0.4 is 5.32 Å². The second-order valence-electron chi connectivity index (χ2n) is 5.25. The molecule has 0 atom stereocenters. The van der Waals surface area contributed by atoms with Crippen molar-refractivity contribution in [2.75, 3.05) is 25.9 Å². The molecule has 2 rings (SSSR count). The molecule has 0 aliphatic heterocycles. The maximum atomic E-state index is 12.9. The predicted molar refractivity (Wildman–Crippen MR) is 101 cm³/mol. The molecule has 24 heavy (non-hydrogen) atoms. The molecule has 0 aliphatic carbocycles. The van der Waals surface area contributed by atoms with Crippen molar-refractivity contribution in [1.29, 1.82) is 0 Å². The fourth-order valence-electron chi connectivity index (χ4n) is 2.11. The Bertz CT molecular complexity index is 655. The van der Waals surface area contributed by atoms with Gasteiger partial charge in [-0.1, -0.05) is 0 Å². The monoisotopic (exact) mass is 366 g/mol. The Balaban J connectivity index is 1.86. The molecule has 0 aliphatic rings. The van der Waals surface area contributed by atoms with E-state index >= 15 is 0 Å². The number of rotatable bonds is 7. The molecule has 0 amide bonds. The molecular formula is C17H23FN4S2. The third-order valence-corrected chi connectivity index (χ3v) is 5.01. The molecule has 0 unspecified atom stereocenters. The van der Waals surface area contributed by atoms with Gasteiger partial charge in [-0.25, -0.2) is 9.37 Å². The topological polar surface area (TPSA) is 40.5 Å². The van der Waals surface area contributed by atoms with Crippen LogP contribution in [-0.2, 0) is 6.54 Å². The molecule has 1 aromatic carbocycles. The summed E-state index contributed by atoms with van der Waals surface area (Å²) in [6.45, 7) is 6.33. The lowest BCUT2D eigenvalue weighted by Gasteiger charge is -2.21. The van der Waals surface area contributed by atoms with E-state index in [1.54, 1.807) is 35.2 Å². The van der Waals surface area contributed by atoms with Gasteiger partial charge in [-0.2, -0.15) is 0 Å². The number of guanidine groups is 1. The minimum atomic E-state index is -0.203. The Hall–Kier alpha value is -1.60. The highest BCUT2D eigenvalue weighted by molar-refractivity contribution is 7.99. The maximum Gasteiger partial charge on any atom is 0.194 e. The summed E-state index contributed by atoms with van der Waals surface area (Å²) in [4.78, 5) is 12.3. The fraction of sp³-hybridized carbons (Fsp3) is 0.412. The van der Waals surface area contributed by atoms with E-state index in [-0.39, 0.29) is 5.82 Å². The maximum absolute atomic E-state index is 12.9. The fourth-order valence-corrected chi connectivity index (χ4v) is 3.46. The number of hydrogen-bond acceptors (Lipinski definition) is 4. The number of thioether (sulfide) groups is 1. The molecule has 0 spiro atoms. The van der Waals surface area contributed by atoms with Gasteiger partial charge < -0.3 is 10.2 Å². The largest absolute Gasteiger partial charge is 0.357 e. The van der Waals surface area contributed by atoms with Gasteiger partial charge in [0.15, 0.2) is 5.96 Å². The van der Waals surface area contributed by atoms with Gasteiger partial charge in [0, 0.05) is 29.6 Å². The van der Waals surface area contributed by atoms with Crippen LogP contribution in [0.3, 0.4) is 0 Å². The van der Waals surface area contributed by atoms with Gasteiger partial charge in [0.25, 0.3) is 0 Å². The van der Waals surface area contributed by atoms with Crippen LogP contribution in [0, 0.1) is 12.7 Å². The zero-order valence-corrected chi connectivity index (χ0v) is 15.9. The van der Waals surface area contributed by atoms with Crippen molar-refractivity contribution in [2.45, 2.75) is 25.3 Å². The first-order valence-electron chi connectivity index (χ1n) is 7.87. The van der Waals surface area contributed by atoms with E-state index in [0.717, 1.165) is 40.4 Å². The van der Waals surface area contributed by atoms with Gasteiger partial charge in [-0.3, -0.25) is 4.99 Å². The molecule has 7 heteroatoms. The zero-order chi connectivity index (χ0) is 17.4. The number of thiazole rings is 1. The summed E-state index contributed by atoms with van der Waals surface area (Å²) >= 11 is 3.34. The molecule has 0 saturated heterocycles. The number of hydrogen-bond donors (Lipinski definition) is 1. The van der Waals surface area contributed by atoms with Crippen LogP contribution in [0.25, 0.3) is 0 Å². The molecule has 0 bridgehead atoms. The van der Waals surface area contributed by atoms with Crippen molar-refractivity contribution in [2.24, 2.45) is 4.99 Å². The van der Waals surface area contributed by atoms with Gasteiger partial charge in [0.1, 0.15) is 5.82 Å². The Labute approximate surface area is 151 Å². The molecule has 2 aromatic rings. The third-order valence-electron chi connectivity index (χ3n) is 3.20. The normalized spacial score (nSPS) is 11.6. The van der Waals surface area contributed by atoms with Gasteiger partial charge in [-0.15, -0.1) is 23.1 Å². The summed E-state index contributed by atoms with van der Waals surface area (Å²) in [6, 6.07) is 6.57. The number of aliphatic imine (C=N–C) groups is 1. The van der Waals surface area contributed by atoms with Crippen LogP contribution in [0.4, 0.5) is 4.39 Å². The highest BCUT2D eigenvalue weighted by Gasteiger charge is 2.08. The van der Waals surface area contributed by atoms with Crippen molar-refractivity contribution >= 4 is 29.1 Å². The SMILES string of the molecule is CCNC(=NCCSc1ccc(F)cc1)N(C)Cc1csc(C)n1. The molecule has 130 valence electrons. The highest BCUT2D eigenvalue weighted by Crippen LogP contribution is 2.17. The summed E-state index contributed by atoms with van der Waals surface area (Å²) in [5.41, 5.74) is 1.06. The van der Waals surface area contributed by atoms with Gasteiger partial charge in [0.2, 0.25) is 0 Å². The van der Waals surface area contributed by atoms with Gasteiger partial charge in [-0.05, 0) is 38.1 Å². The number of halogens is 1. The molecule has 0 saturated carbocycles. The molecule has 1 heterocycles. The summed E-state index contributed by atoms with van der Waals surface area (Å²) in [6.07, 6.45) is 0. The highest BCUT2D eigenvalue weighted by atomic mass is 32.2. The van der Waals surface area contributed by atoms with E-state index in [4.69, 9.17) is 0 Å². The van der Waals surface area contributed by atoms with Crippen molar-refractivity contribution in [3.8, 4) is 0 Å². The van der Waals surface area contributed by atoms with Crippen molar-refractivity contribution < 1.29 is 4.39 Å². The van der Waals surface area contributed by atoms with Gasteiger partial charge >= 0.3 is 0 Å². The number of aryl methyl sites for hydroxylation is 1. The summed E-state index contributed by atoms with van der Waals surface area (Å²) in [7, 11) is 2.02. The van der Waals surface area contributed by atoms with Gasteiger partial charge in [0.05, 0.1) is 23.8 Å². The number of nitrogens with one attached hydrogen (secondary N) is 1. The van der Waals surface area contributed by atoms with E-state index in [9.17, 15) is 4.39 Å². The van der Waals surface area contributed by atoms with E-state index in [1.165, 1.54) is 12.1 Å². The van der Waals surface area contributed by atoms with Crippen molar-refractivity contribution in [3.05, 3.63) is 46.2 Å². The van der Waals surface area contributed by atoms with Crippen LogP contribution >= 0.6 is 23.1 Å². The number of aromatic nitrogens is 1. The van der Waals surface area contributed by atoms with E-state index in [1.807, 2.05) is 14.0 Å². The van der Waals surface area contributed by atoms with Crippen LogP contribution in [0.1, 0.15) is 17.6 Å². The average molecular weight is 367 g/mol. The third kappa shape index (κ3) is 6.13. The lowest BCUT2D eigenvalue weighted by molar-refractivity contribution is 0.471. The average Bonchev–Trinajstić information content (AvgIpc) is 2.97. The molecule has 1 aromatic heterocycles. The Kier molecular flexibility index (Phi) is 7.52. The van der Waals surface area contributed by atoms with Crippen LogP contribution in [0.15, 0.2) is 39.5 Å². The Morgan fingerprint density at radius 1 is 1.38 bits per heavy atom. The summed E-state index contributed by atoms with van der Waals surface area (Å²) in [5, 5.41) is 6.47. The molecular weight excluding hydrogens is 343 g/mol. The first-order chi connectivity index (χ1) is 11.6.